The monoisotopic (exact) mass is 120 g/mol. The molecular weight excluding hydrogens is 112 g/mol. The molecule has 0 aliphatic rings. The zero-order valence-electron chi connectivity index (χ0n) is 4.48. The van der Waals surface area contributed by atoms with Crippen LogP contribution in [0, 0.1) is 5.92 Å². The smallest absolute Gasteiger partial charge is 0.180 e. The van der Waals surface area contributed by atoms with Gasteiger partial charge in [0.2, 0.25) is 0 Å². The highest BCUT2D eigenvalue weighted by atomic mass is 35.5. The van der Waals surface area contributed by atoms with Gasteiger partial charge in [-0.3, -0.25) is 0 Å². The maximum Gasteiger partial charge on any atom is 0.180 e. The second-order valence-corrected chi connectivity index (χ2v) is 2.12. The van der Waals surface area contributed by atoms with Crippen LogP contribution < -0.4 is 0 Å². The molecule has 0 rings (SSSR count). The van der Waals surface area contributed by atoms with Crippen LogP contribution in [0.5, 0.6) is 0 Å². The van der Waals surface area contributed by atoms with Gasteiger partial charge in [-0.1, -0.05) is 13.8 Å². The summed E-state index contributed by atoms with van der Waals surface area (Å²) in [4.78, 5) is 0. The van der Waals surface area contributed by atoms with Gasteiger partial charge in [0.05, 0.1) is 0 Å². The van der Waals surface area contributed by atoms with E-state index >= 15 is 0 Å². The molecule has 7 heavy (non-hydrogen) atoms. The van der Waals surface area contributed by atoms with Crippen LogP contribution in [0.4, 0.5) is 0 Å². The Morgan fingerprint density at radius 1 is 1.71 bits per heavy atom. The first kappa shape index (κ1) is 6.83. The highest BCUT2D eigenvalue weighted by molar-refractivity contribution is 6.27. The molecule has 0 atom stereocenters. The van der Waals surface area contributed by atoms with E-state index in [1.807, 2.05) is 13.8 Å². The molecule has 0 aromatic rings. The van der Waals surface area contributed by atoms with Gasteiger partial charge in [0.15, 0.2) is 5.22 Å². The van der Waals surface area contributed by atoms with E-state index in [1.54, 1.807) is 6.08 Å². The minimum Gasteiger partial charge on any atom is -0.499 e. The third-order valence-electron chi connectivity index (χ3n) is 0.471. The Hall–Kier alpha value is -0.170. The Balaban J connectivity index is 3.45. The highest BCUT2D eigenvalue weighted by Crippen LogP contribution is 2.01. The van der Waals surface area contributed by atoms with Crippen molar-refractivity contribution in [2.45, 2.75) is 13.8 Å². The van der Waals surface area contributed by atoms with Gasteiger partial charge < -0.3 is 5.11 Å². The lowest BCUT2D eigenvalue weighted by Gasteiger charge is -1.90. The van der Waals surface area contributed by atoms with Crippen molar-refractivity contribution in [3.05, 3.63) is 11.3 Å². The number of allylic oxidation sites excluding steroid dienone is 1. The van der Waals surface area contributed by atoms with Gasteiger partial charge in [-0.05, 0) is 23.6 Å². The van der Waals surface area contributed by atoms with Gasteiger partial charge >= 0.3 is 0 Å². The third-order valence-corrected chi connectivity index (χ3v) is 0.597. The summed E-state index contributed by atoms with van der Waals surface area (Å²) < 4.78 is 0. The number of aliphatic hydroxyl groups excluding tert-OH is 1. The van der Waals surface area contributed by atoms with Crippen LogP contribution in [0.25, 0.3) is 0 Å². The first-order valence-corrected chi connectivity index (χ1v) is 2.57. The van der Waals surface area contributed by atoms with E-state index in [-0.39, 0.29) is 5.22 Å². The molecule has 0 fully saturated rings. The second kappa shape index (κ2) is 2.92. The number of hydrogen-bond acceptors (Lipinski definition) is 1. The predicted octanol–water partition coefficient (Wildman–Crippen LogP) is 2.28. The Kier molecular flexibility index (Phi) is 2.84. The minimum absolute atomic E-state index is 0.116. The van der Waals surface area contributed by atoms with Crippen molar-refractivity contribution in [1.29, 1.82) is 0 Å². The van der Waals surface area contributed by atoms with Crippen LogP contribution >= 0.6 is 11.6 Å². The standard InChI is InChI=1S/C5H9ClO/c1-4(2)3-5(6)7/h3-4,7H,1-2H3. The van der Waals surface area contributed by atoms with E-state index in [9.17, 15) is 0 Å². The predicted molar refractivity (Wildman–Crippen MR) is 31.4 cm³/mol. The molecule has 0 aromatic heterocycles. The molecule has 1 N–H and O–H groups in total. The van der Waals surface area contributed by atoms with Gasteiger partial charge in [-0.25, -0.2) is 0 Å². The summed E-state index contributed by atoms with van der Waals surface area (Å²) in [5, 5.41) is 8.23. The van der Waals surface area contributed by atoms with Gasteiger partial charge in [-0.2, -0.15) is 0 Å². The third kappa shape index (κ3) is 5.83. The van der Waals surface area contributed by atoms with E-state index in [2.05, 4.69) is 0 Å². The molecule has 0 saturated carbocycles. The average molecular weight is 121 g/mol. The largest absolute Gasteiger partial charge is 0.499 e. The molecule has 0 bridgehead atoms. The first-order valence-electron chi connectivity index (χ1n) is 2.19. The molecular formula is C5H9ClO. The molecule has 1 nitrogen and oxygen atoms in total. The van der Waals surface area contributed by atoms with E-state index < -0.39 is 0 Å². The maximum atomic E-state index is 8.35. The van der Waals surface area contributed by atoms with Crippen LogP contribution in [0.15, 0.2) is 11.3 Å². The molecule has 0 spiro atoms. The topological polar surface area (TPSA) is 20.2 Å². The normalized spacial score (nSPS) is 12.9. The van der Waals surface area contributed by atoms with Crippen LogP contribution in [0.2, 0.25) is 0 Å². The Bertz CT molecular complexity index is 72.1. The first-order chi connectivity index (χ1) is 3.13. The molecule has 0 saturated heterocycles. The molecule has 0 aromatic carbocycles. The fourth-order valence-electron chi connectivity index (χ4n) is 0.275. The average Bonchev–Trinajstić information content (AvgIpc) is 1.27. The van der Waals surface area contributed by atoms with Crippen LogP contribution in [0.3, 0.4) is 0 Å². The summed E-state index contributed by atoms with van der Waals surface area (Å²) in [6.07, 6.45) is 1.57. The van der Waals surface area contributed by atoms with Crippen LogP contribution in [0.1, 0.15) is 13.8 Å². The van der Waals surface area contributed by atoms with Crippen LogP contribution in [-0.4, -0.2) is 5.11 Å². The van der Waals surface area contributed by atoms with E-state index in [4.69, 9.17) is 16.7 Å². The highest BCUT2D eigenvalue weighted by Gasteiger charge is 1.86. The lowest BCUT2D eigenvalue weighted by atomic mass is 10.2. The van der Waals surface area contributed by atoms with Gasteiger partial charge in [0, 0.05) is 0 Å². The summed E-state index contributed by atoms with van der Waals surface area (Å²) in [5.74, 6) is 0.331. The minimum atomic E-state index is -0.116. The second-order valence-electron chi connectivity index (χ2n) is 1.73. The van der Waals surface area contributed by atoms with Gasteiger partial charge in [0.25, 0.3) is 0 Å². The Labute approximate surface area is 48.6 Å². The summed E-state index contributed by atoms with van der Waals surface area (Å²) in [6, 6.07) is 0. The van der Waals surface area contributed by atoms with Crippen molar-refractivity contribution in [1.82, 2.24) is 0 Å². The lowest BCUT2D eigenvalue weighted by molar-refractivity contribution is 0.446. The SMILES string of the molecule is CC(C)C=C(O)Cl. The van der Waals surface area contributed by atoms with Crippen molar-refractivity contribution in [2.75, 3.05) is 0 Å². The number of aliphatic hydroxyl groups is 1. The van der Waals surface area contributed by atoms with Crippen LogP contribution in [-0.2, 0) is 0 Å². The Morgan fingerprint density at radius 3 is 2.14 bits per heavy atom. The van der Waals surface area contributed by atoms with Crippen molar-refractivity contribution >= 4 is 11.6 Å². The molecule has 0 radical (unpaired) electrons. The molecule has 2 heteroatoms. The zero-order chi connectivity index (χ0) is 5.86. The van der Waals surface area contributed by atoms with Gasteiger partial charge in [0.1, 0.15) is 0 Å². The summed E-state index contributed by atoms with van der Waals surface area (Å²) in [6.45, 7) is 3.89. The lowest BCUT2D eigenvalue weighted by Crippen LogP contribution is -1.78. The fourth-order valence-corrected chi connectivity index (χ4v) is 0.527. The van der Waals surface area contributed by atoms with Crippen molar-refractivity contribution in [3.8, 4) is 0 Å². The number of hydrogen-bond donors (Lipinski definition) is 1. The van der Waals surface area contributed by atoms with Gasteiger partial charge in [-0.15, -0.1) is 0 Å². The Morgan fingerprint density at radius 2 is 2.14 bits per heavy atom. The summed E-state index contributed by atoms with van der Waals surface area (Å²) in [7, 11) is 0. The quantitative estimate of drug-likeness (QED) is 0.527. The maximum absolute atomic E-state index is 8.35. The zero-order valence-corrected chi connectivity index (χ0v) is 5.24. The number of halogens is 1. The van der Waals surface area contributed by atoms with Crippen molar-refractivity contribution < 1.29 is 5.11 Å². The molecule has 0 amide bonds. The van der Waals surface area contributed by atoms with E-state index in [0.29, 0.717) is 5.92 Å². The fraction of sp³-hybridized carbons (Fsp3) is 0.600. The van der Waals surface area contributed by atoms with E-state index in [1.165, 1.54) is 0 Å². The molecule has 42 valence electrons. The van der Waals surface area contributed by atoms with Crippen molar-refractivity contribution in [3.63, 3.8) is 0 Å². The number of rotatable bonds is 1. The molecule has 0 unspecified atom stereocenters. The summed E-state index contributed by atoms with van der Waals surface area (Å²) in [5.41, 5.74) is 0. The molecule has 0 aliphatic heterocycles. The van der Waals surface area contributed by atoms with Crippen molar-refractivity contribution in [2.24, 2.45) is 5.92 Å². The van der Waals surface area contributed by atoms with E-state index in [0.717, 1.165) is 0 Å². The molecule has 0 heterocycles. The molecule has 0 aliphatic carbocycles. The summed E-state index contributed by atoms with van der Waals surface area (Å²) >= 11 is 5.09.